The Morgan fingerprint density at radius 2 is 1.66 bits per heavy atom. The van der Waals surface area contributed by atoms with E-state index in [0.29, 0.717) is 11.1 Å². The highest BCUT2D eigenvalue weighted by Gasteiger charge is 2.30. The number of hydrazine groups is 1. The minimum atomic E-state index is -0.604. The number of nitrogens with one attached hydrogen (secondary N) is 1. The van der Waals surface area contributed by atoms with E-state index in [2.05, 4.69) is 10.4 Å². The summed E-state index contributed by atoms with van der Waals surface area (Å²) in [4.78, 5) is 40.6. The maximum absolute atomic E-state index is 13.1. The number of rotatable bonds is 4. The second-order valence-electron chi connectivity index (χ2n) is 6.81. The molecule has 0 saturated heterocycles. The number of hydrogen-bond acceptors (Lipinski definition) is 6. The average Bonchev–Trinajstić information content (AvgIpc) is 2.81. The number of non-ortho nitro benzene ring substituents is 1. The van der Waals surface area contributed by atoms with E-state index in [1.54, 1.807) is 42.5 Å². The van der Waals surface area contributed by atoms with Gasteiger partial charge in [-0.05, 0) is 35.9 Å². The molecule has 2 amide bonds. The third kappa shape index (κ3) is 4.21. The molecular weight excluding hydrogens is 412 g/mol. The molecule has 1 aliphatic heterocycles. The van der Waals surface area contributed by atoms with Crippen LogP contribution in [0.4, 0.5) is 5.69 Å². The van der Waals surface area contributed by atoms with Crippen molar-refractivity contribution in [3.05, 3.63) is 111 Å². The summed E-state index contributed by atoms with van der Waals surface area (Å²) in [6, 6.07) is 20.1. The van der Waals surface area contributed by atoms with E-state index in [9.17, 15) is 24.8 Å². The van der Waals surface area contributed by atoms with Crippen LogP contribution in [0.3, 0.4) is 0 Å². The zero-order valence-electron chi connectivity index (χ0n) is 16.5. The smallest absolute Gasteiger partial charge is 0.288 e. The van der Waals surface area contributed by atoms with Crippen molar-refractivity contribution in [1.82, 2.24) is 10.4 Å². The standard InChI is InChI=1S/C23H16N4O5/c28-19-12-6-15(7-13-19)14-20-22(29)25-26(21(24-20)16-4-2-1-3-5-16)23(30)17-8-10-18(11-9-17)27(31)32/h1-14,28H,(H,25,29)/b20-14+. The SMILES string of the molecule is O=C1NN(C(=O)c2ccc([N+](=O)[O-])cc2)C(c2ccccc2)=N/C1=C/c1ccc(O)cc1. The summed E-state index contributed by atoms with van der Waals surface area (Å²) in [7, 11) is 0. The molecule has 1 heterocycles. The van der Waals surface area contributed by atoms with E-state index < -0.39 is 16.7 Å². The lowest BCUT2D eigenvalue weighted by molar-refractivity contribution is -0.384. The first-order chi connectivity index (χ1) is 15.4. The fourth-order valence-electron chi connectivity index (χ4n) is 3.04. The average molecular weight is 428 g/mol. The third-order valence-corrected chi connectivity index (χ3v) is 4.64. The largest absolute Gasteiger partial charge is 0.508 e. The quantitative estimate of drug-likeness (QED) is 0.375. The molecule has 0 saturated carbocycles. The van der Waals surface area contributed by atoms with Crippen LogP contribution in [-0.2, 0) is 4.79 Å². The molecule has 9 heteroatoms. The van der Waals surface area contributed by atoms with E-state index >= 15 is 0 Å². The molecular formula is C23H16N4O5. The van der Waals surface area contributed by atoms with Crippen LogP contribution in [0, 0.1) is 10.1 Å². The van der Waals surface area contributed by atoms with E-state index in [0.717, 1.165) is 5.01 Å². The molecule has 3 aromatic rings. The van der Waals surface area contributed by atoms with Crippen LogP contribution in [0.15, 0.2) is 89.6 Å². The van der Waals surface area contributed by atoms with E-state index in [1.165, 1.54) is 42.5 Å². The van der Waals surface area contributed by atoms with Crippen molar-refractivity contribution in [2.24, 2.45) is 4.99 Å². The predicted molar refractivity (Wildman–Crippen MR) is 116 cm³/mol. The first-order valence-electron chi connectivity index (χ1n) is 9.47. The van der Waals surface area contributed by atoms with Gasteiger partial charge in [-0.2, -0.15) is 5.01 Å². The number of phenolic OH excluding ortho intramolecular Hbond substituents is 1. The lowest BCUT2D eigenvalue weighted by Gasteiger charge is -2.28. The Morgan fingerprint density at radius 1 is 1.00 bits per heavy atom. The van der Waals surface area contributed by atoms with Crippen LogP contribution >= 0.6 is 0 Å². The second kappa shape index (κ2) is 8.52. The lowest BCUT2D eigenvalue weighted by atomic mass is 10.1. The molecule has 0 aromatic heterocycles. The van der Waals surface area contributed by atoms with Crippen LogP contribution in [-0.4, -0.2) is 32.7 Å². The van der Waals surface area contributed by atoms with Gasteiger partial charge in [0.15, 0.2) is 5.84 Å². The number of hydrogen-bond donors (Lipinski definition) is 2. The summed E-state index contributed by atoms with van der Waals surface area (Å²) in [5, 5.41) is 21.4. The monoisotopic (exact) mass is 428 g/mol. The zero-order chi connectivity index (χ0) is 22.7. The summed E-state index contributed by atoms with van der Waals surface area (Å²) in [5.41, 5.74) is 3.83. The van der Waals surface area contributed by atoms with Gasteiger partial charge in [0.25, 0.3) is 17.5 Å². The normalized spacial score (nSPS) is 14.6. The number of benzene rings is 3. The maximum Gasteiger partial charge on any atom is 0.288 e. The lowest BCUT2D eigenvalue weighted by Crippen LogP contribution is -2.53. The van der Waals surface area contributed by atoms with Gasteiger partial charge in [0, 0.05) is 23.3 Å². The van der Waals surface area contributed by atoms with Crippen molar-refractivity contribution in [1.29, 1.82) is 0 Å². The summed E-state index contributed by atoms with van der Waals surface area (Å²) < 4.78 is 0. The Balaban J connectivity index is 1.75. The molecule has 0 aliphatic carbocycles. The Hall–Kier alpha value is -4.79. The van der Waals surface area contributed by atoms with Gasteiger partial charge in [-0.3, -0.25) is 25.1 Å². The minimum absolute atomic E-state index is 0.0716. The topological polar surface area (TPSA) is 125 Å². The first kappa shape index (κ1) is 20.5. The van der Waals surface area contributed by atoms with Gasteiger partial charge >= 0.3 is 0 Å². The van der Waals surface area contributed by atoms with Crippen LogP contribution in [0.2, 0.25) is 0 Å². The summed E-state index contributed by atoms with van der Waals surface area (Å²) in [5.74, 6) is -0.917. The second-order valence-corrected chi connectivity index (χ2v) is 6.81. The fraction of sp³-hybridized carbons (Fsp3) is 0. The van der Waals surface area contributed by atoms with Crippen molar-refractivity contribution in [3.63, 3.8) is 0 Å². The predicted octanol–water partition coefficient (Wildman–Crippen LogP) is 3.28. The highest BCUT2D eigenvalue weighted by Crippen LogP contribution is 2.20. The Bertz CT molecular complexity index is 1250. The van der Waals surface area contributed by atoms with E-state index in [4.69, 9.17) is 0 Å². The van der Waals surface area contributed by atoms with Gasteiger partial charge in [0.2, 0.25) is 0 Å². The van der Waals surface area contributed by atoms with E-state index in [-0.39, 0.29) is 28.5 Å². The number of carbonyl (C=O) groups is 2. The van der Waals surface area contributed by atoms with Crippen LogP contribution in [0.5, 0.6) is 5.75 Å². The number of amides is 2. The summed E-state index contributed by atoms with van der Waals surface area (Å²) >= 11 is 0. The number of carbonyl (C=O) groups excluding carboxylic acids is 2. The van der Waals surface area contributed by atoms with Crippen molar-refractivity contribution >= 4 is 29.4 Å². The molecule has 4 rings (SSSR count). The molecule has 1 aliphatic rings. The number of nitro benzene ring substituents is 1. The van der Waals surface area contributed by atoms with Gasteiger partial charge in [-0.15, -0.1) is 0 Å². The van der Waals surface area contributed by atoms with E-state index in [1.807, 2.05) is 0 Å². The molecule has 32 heavy (non-hydrogen) atoms. The fourth-order valence-corrected chi connectivity index (χ4v) is 3.04. The van der Waals surface area contributed by atoms with Crippen molar-refractivity contribution in [3.8, 4) is 5.75 Å². The van der Waals surface area contributed by atoms with Crippen molar-refractivity contribution in [2.75, 3.05) is 0 Å². The van der Waals surface area contributed by atoms with Gasteiger partial charge in [0.05, 0.1) is 4.92 Å². The van der Waals surface area contributed by atoms with Gasteiger partial charge in [0.1, 0.15) is 11.4 Å². The number of aliphatic imine (C=N–C) groups is 1. The highest BCUT2D eigenvalue weighted by atomic mass is 16.6. The van der Waals surface area contributed by atoms with Gasteiger partial charge < -0.3 is 5.11 Å². The summed E-state index contributed by atoms with van der Waals surface area (Å²) in [6.07, 6.45) is 1.53. The van der Waals surface area contributed by atoms with Crippen molar-refractivity contribution in [2.45, 2.75) is 0 Å². The summed E-state index contributed by atoms with van der Waals surface area (Å²) in [6.45, 7) is 0. The minimum Gasteiger partial charge on any atom is -0.508 e. The van der Waals surface area contributed by atoms with Gasteiger partial charge in [-0.1, -0.05) is 42.5 Å². The van der Waals surface area contributed by atoms with Crippen molar-refractivity contribution < 1.29 is 19.6 Å². The number of aromatic hydroxyl groups is 1. The molecule has 3 aromatic carbocycles. The molecule has 158 valence electrons. The molecule has 0 fully saturated rings. The van der Waals surface area contributed by atoms with Crippen LogP contribution in [0.1, 0.15) is 21.5 Å². The number of nitrogens with zero attached hydrogens (tertiary/aromatic N) is 3. The van der Waals surface area contributed by atoms with Crippen LogP contribution in [0.25, 0.3) is 6.08 Å². The molecule has 0 atom stereocenters. The molecule has 9 nitrogen and oxygen atoms in total. The Kier molecular flexibility index (Phi) is 5.45. The van der Waals surface area contributed by atoms with Crippen LogP contribution < -0.4 is 5.43 Å². The Labute approximate surface area is 182 Å². The molecule has 0 unspecified atom stereocenters. The third-order valence-electron chi connectivity index (χ3n) is 4.64. The molecule has 2 N–H and O–H groups in total. The maximum atomic E-state index is 13.1. The molecule has 0 bridgehead atoms. The molecule has 0 radical (unpaired) electrons. The number of amidine groups is 1. The zero-order valence-corrected chi connectivity index (χ0v) is 16.5. The number of phenols is 1. The highest BCUT2D eigenvalue weighted by molar-refractivity contribution is 6.18. The number of nitro groups is 1. The molecule has 0 spiro atoms. The van der Waals surface area contributed by atoms with Gasteiger partial charge in [-0.25, -0.2) is 4.99 Å². The Morgan fingerprint density at radius 3 is 2.28 bits per heavy atom. The first-order valence-corrected chi connectivity index (χ1v) is 9.47.